The summed E-state index contributed by atoms with van der Waals surface area (Å²) < 4.78 is 38.7. The normalized spacial score (nSPS) is 11.6. The fourth-order valence-corrected chi connectivity index (χ4v) is 2.78. The van der Waals surface area contributed by atoms with Crippen LogP contribution in [-0.2, 0) is 6.54 Å². The van der Waals surface area contributed by atoms with E-state index in [0.717, 1.165) is 5.56 Å². The number of rotatable bonds is 7. The molecule has 0 fully saturated rings. The van der Waals surface area contributed by atoms with Crippen molar-refractivity contribution in [1.29, 1.82) is 0 Å². The lowest BCUT2D eigenvalue weighted by Gasteiger charge is -2.12. The summed E-state index contributed by atoms with van der Waals surface area (Å²) in [5, 5.41) is 18.6. The molecule has 3 rings (SSSR count). The molecule has 0 aliphatic heterocycles. The molecule has 11 heteroatoms. The number of nitrogens with zero attached hydrogens (tertiary/aromatic N) is 4. The van der Waals surface area contributed by atoms with Gasteiger partial charge in [0.05, 0.1) is 24.1 Å². The summed E-state index contributed by atoms with van der Waals surface area (Å²) >= 11 is 0. The standard InChI is InChI=1S/C18H19F3N6O2/c1-11-6-12(7-24-16(11)25-10-18(19,20)21)8-27-9-13-14(26-27)2-3-22-15(13)17(29)23-4-5-28/h2-3,6-7,9,28H,4-5,8,10H2,1H3,(H,23,29)(H,24,25). The lowest BCUT2D eigenvalue weighted by atomic mass is 10.2. The van der Waals surface area contributed by atoms with Gasteiger partial charge in [0.15, 0.2) is 0 Å². The number of fused-ring (bicyclic) bond motifs is 1. The molecule has 0 saturated carbocycles. The summed E-state index contributed by atoms with van der Waals surface area (Å²) in [7, 11) is 0. The highest BCUT2D eigenvalue weighted by molar-refractivity contribution is 6.04. The first-order valence-electron chi connectivity index (χ1n) is 8.74. The summed E-state index contributed by atoms with van der Waals surface area (Å²) in [6.45, 7) is 0.771. The van der Waals surface area contributed by atoms with Crippen LogP contribution < -0.4 is 10.6 Å². The Morgan fingerprint density at radius 3 is 2.79 bits per heavy atom. The highest BCUT2D eigenvalue weighted by Gasteiger charge is 2.27. The number of aliphatic hydroxyl groups is 1. The van der Waals surface area contributed by atoms with Gasteiger partial charge in [0.2, 0.25) is 0 Å². The summed E-state index contributed by atoms with van der Waals surface area (Å²) in [6.07, 6.45) is 0.296. The van der Waals surface area contributed by atoms with Crippen molar-refractivity contribution < 1.29 is 23.1 Å². The van der Waals surface area contributed by atoms with Crippen molar-refractivity contribution in [3.8, 4) is 0 Å². The molecular formula is C18H19F3N6O2. The number of amides is 1. The zero-order chi connectivity index (χ0) is 21.0. The molecule has 3 aromatic heterocycles. The Balaban J connectivity index is 1.78. The zero-order valence-corrected chi connectivity index (χ0v) is 15.5. The van der Waals surface area contributed by atoms with Gasteiger partial charge in [0, 0.05) is 25.1 Å². The summed E-state index contributed by atoms with van der Waals surface area (Å²) in [4.78, 5) is 20.3. The topological polar surface area (TPSA) is 105 Å². The Morgan fingerprint density at radius 1 is 1.31 bits per heavy atom. The van der Waals surface area contributed by atoms with Crippen LogP contribution in [0, 0.1) is 6.92 Å². The molecule has 0 aliphatic rings. The third kappa shape index (κ3) is 5.19. The number of anilines is 1. The minimum atomic E-state index is -4.32. The molecular weight excluding hydrogens is 389 g/mol. The first-order valence-corrected chi connectivity index (χ1v) is 8.74. The quantitative estimate of drug-likeness (QED) is 0.551. The van der Waals surface area contributed by atoms with Crippen molar-refractivity contribution in [2.24, 2.45) is 0 Å². The maximum Gasteiger partial charge on any atom is 0.405 e. The second-order valence-electron chi connectivity index (χ2n) is 6.38. The summed E-state index contributed by atoms with van der Waals surface area (Å²) in [5.74, 6) is -0.245. The van der Waals surface area contributed by atoms with Gasteiger partial charge < -0.3 is 15.7 Å². The molecule has 0 aliphatic carbocycles. The molecule has 8 nitrogen and oxygen atoms in total. The van der Waals surface area contributed by atoms with Gasteiger partial charge in [-0.1, -0.05) is 0 Å². The van der Waals surface area contributed by atoms with E-state index in [2.05, 4.69) is 25.7 Å². The predicted octanol–water partition coefficient (Wildman–Crippen LogP) is 1.88. The van der Waals surface area contributed by atoms with Crippen molar-refractivity contribution in [1.82, 2.24) is 25.1 Å². The van der Waals surface area contributed by atoms with Gasteiger partial charge in [0.25, 0.3) is 5.91 Å². The number of aromatic nitrogens is 4. The Kier molecular flexibility index (Phi) is 5.97. The highest BCUT2D eigenvalue weighted by atomic mass is 19.4. The average molecular weight is 408 g/mol. The molecule has 3 N–H and O–H groups in total. The number of hydrogen-bond acceptors (Lipinski definition) is 6. The largest absolute Gasteiger partial charge is 0.405 e. The van der Waals surface area contributed by atoms with E-state index in [1.54, 1.807) is 29.9 Å². The van der Waals surface area contributed by atoms with Crippen LogP contribution in [0.1, 0.15) is 21.6 Å². The van der Waals surface area contributed by atoms with Crippen LogP contribution >= 0.6 is 0 Å². The lowest BCUT2D eigenvalue weighted by molar-refractivity contribution is -0.115. The van der Waals surface area contributed by atoms with Crippen LogP contribution in [0.15, 0.2) is 30.7 Å². The van der Waals surface area contributed by atoms with Gasteiger partial charge in [-0.15, -0.1) is 0 Å². The molecule has 29 heavy (non-hydrogen) atoms. The number of pyridine rings is 2. The van der Waals surface area contributed by atoms with Crippen LogP contribution in [0.25, 0.3) is 10.9 Å². The van der Waals surface area contributed by atoms with Crippen LogP contribution in [0.3, 0.4) is 0 Å². The lowest BCUT2D eigenvalue weighted by Crippen LogP contribution is -2.27. The maximum atomic E-state index is 12.4. The molecule has 0 aromatic carbocycles. The van der Waals surface area contributed by atoms with Gasteiger partial charge >= 0.3 is 6.18 Å². The van der Waals surface area contributed by atoms with E-state index in [0.29, 0.717) is 23.0 Å². The summed E-state index contributed by atoms with van der Waals surface area (Å²) in [6, 6.07) is 3.40. The number of halogens is 3. The second kappa shape index (κ2) is 8.43. The first-order chi connectivity index (χ1) is 13.8. The number of aliphatic hydroxyl groups excluding tert-OH is 1. The van der Waals surface area contributed by atoms with E-state index in [-0.39, 0.29) is 24.7 Å². The van der Waals surface area contributed by atoms with Gasteiger partial charge in [-0.05, 0) is 30.2 Å². The van der Waals surface area contributed by atoms with E-state index in [1.807, 2.05) is 0 Å². The minimum absolute atomic E-state index is 0.116. The maximum absolute atomic E-state index is 12.4. The molecule has 1 amide bonds. The average Bonchev–Trinajstić information content (AvgIpc) is 3.07. The van der Waals surface area contributed by atoms with E-state index in [1.165, 1.54) is 12.4 Å². The molecule has 0 atom stereocenters. The van der Waals surface area contributed by atoms with Crippen molar-refractivity contribution in [3.05, 3.63) is 47.5 Å². The SMILES string of the molecule is Cc1cc(Cn2cc3c(C(=O)NCCO)nccc3n2)cnc1NCC(F)(F)F. The fraction of sp³-hybridized carbons (Fsp3) is 0.333. The van der Waals surface area contributed by atoms with Gasteiger partial charge in [-0.2, -0.15) is 18.3 Å². The Hall–Kier alpha value is -3.21. The molecule has 3 heterocycles. The van der Waals surface area contributed by atoms with Gasteiger partial charge in [0.1, 0.15) is 18.1 Å². The first kappa shape index (κ1) is 20.5. The molecule has 3 aromatic rings. The van der Waals surface area contributed by atoms with E-state index < -0.39 is 18.6 Å². The van der Waals surface area contributed by atoms with E-state index >= 15 is 0 Å². The number of carbonyl (C=O) groups excluding carboxylic acids is 1. The minimum Gasteiger partial charge on any atom is -0.395 e. The van der Waals surface area contributed by atoms with Crippen molar-refractivity contribution in [2.45, 2.75) is 19.6 Å². The number of alkyl halides is 3. The second-order valence-corrected chi connectivity index (χ2v) is 6.38. The monoisotopic (exact) mass is 408 g/mol. The van der Waals surface area contributed by atoms with E-state index in [4.69, 9.17) is 5.11 Å². The van der Waals surface area contributed by atoms with Crippen molar-refractivity contribution in [3.63, 3.8) is 0 Å². The number of hydrogen-bond donors (Lipinski definition) is 3. The third-order valence-electron chi connectivity index (χ3n) is 4.03. The van der Waals surface area contributed by atoms with Crippen LogP contribution in [0.5, 0.6) is 0 Å². The Morgan fingerprint density at radius 2 is 2.10 bits per heavy atom. The molecule has 0 radical (unpaired) electrons. The van der Waals surface area contributed by atoms with Crippen LogP contribution in [0.2, 0.25) is 0 Å². The molecule has 154 valence electrons. The van der Waals surface area contributed by atoms with Crippen LogP contribution in [0.4, 0.5) is 19.0 Å². The number of carbonyl (C=O) groups is 1. The smallest absolute Gasteiger partial charge is 0.395 e. The number of aryl methyl sites for hydroxylation is 1. The Labute approximate surface area is 163 Å². The Bertz CT molecular complexity index is 1020. The predicted molar refractivity (Wildman–Crippen MR) is 99.6 cm³/mol. The molecule has 0 bridgehead atoms. The fourth-order valence-electron chi connectivity index (χ4n) is 2.78. The van der Waals surface area contributed by atoms with Gasteiger partial charge in [-0.3, -0.25) is 14.5 Å². The molecule has 0 saturated heterocycles. The highest BCUT2D eigenvalue weighted by Crippen LogP contribution is 2.20. The summed E-state index contributed by atoms with van der Waals surface area (Å²) in [5.41, 5.74) is 2.09. The van der Waals surface area contributed by atoms with E-state index in [9.17, 15) is 18.0 Å². The zero-order valence-electron chi connectivity index (χ0n) is 15.5. The third-order valence-corrected chi connectivity index (χ3v) is 4.03. The number of nitrogens with one attached hydrogen (secondary N) is 2. The van der Waals surface area contributed by atoms with Crippen LogP contribution in [-0.4, -0.2) is 56.6 Å². The molecule has 0 spiro atoms. The molecule has 0 unspecified atom stereocenters. The van der Waals surface area contributed by atoms with Crippen molar-refractivity contribution >= 4 is 22.6 Å². The van der Waals surface area contributed by atoms with Gasteiger partial charge in [-0.25, -0.2) is 4.98 Å². The van der Waals surface area contributed by atoms with Crippen molar-refractivity contribution in [2.75, 3.05) is 25.0 Å².